The first-order chi connectivity index (χ1) is 15.5. The normalized spacial score (nSPS) is 9.00. The van der Waals surface area contributed by atoms with E-state index in [4.69, 9.17) is 17.0 Å². The number of amides is 2. The minimum absolute atomic E-state index is 0.0302. The number of hydrogen-bond donors (Lipinski definition) is 2. The van der Waals surface area contributed by atoms with E-state index in [1.54, 1.807) is 13.8 Å². The van der Waals surface area contributed by atoms with Crippen molar-refractivity contribution in [3.63, 3.8) is 0 Å². The fourth-order valence-corrected chi connectivity index (χ4v) is 4.83. The van der Waals surface area contributed by atoms with E-state index in [1.165, 1.54) is 21.5 Å². The Hall–Kier alpha value is -1.07. The van der Waals surface area contributed by atoms with Gasteiger partial charge in [0.2, 0.25) is 0 Å². The minimum atomic E-state index is -1.32. The van der Waals surface area contributed by atoms with Gasteiger partial charge >= 0.3 is 116 Å². The molecule has 1 radical (unpaired) electrons. The second-order valence-corrected chi connectivity index (χ2v) is 12.6. The second kappa shape index (κ2) is 18.4. The van der Waals surface area contributed by atoms with Crippen LogP contribution < -0.4 is 6.61 Å². The Bertz CT molecular complexity index is 910. The predicted molar refractivity (Wildman–Crippen MR) is 133 cm³/mol. The van der Waals surface area contributed by atoms with Crippen molar-refractivity contribution in [1.29, 1.82) is 0 Å². The zero-order valence-electron chi connectivity index (χ0n) is 18.1. The molecular formula is C24H26Cl2InN2O2Zr. The Morgan fingerprint density at radius 2 is 1.16 bits per heavy atom. The van der Waals surface area contributed by atoms with Gasteiger partial charge in [-0.2, -0.15) is 35.0 Å². The van der Waals surface area contributed by atoms with Crippen molar-refractivity contribution >= 4 is 73.9 Å². The van der Waals surface area contributed by atoms with E-state index in [-0.39, 0.29) is 11.8 Å². The molecule has 0 bridgehead atoms. The van der Waals surface area contributed by atoms with E-state index in [2.05, 4.69) is 91.5 Å². The monoisotopic (exact) mass is 649 g/mol. The van der Waals surface area contributed by atoms with Crippen molar-refractivity contribution in [3.8, 4) is 0 Å². The summed E-state index contributed by atoms with van der Waals surface area (Å²) in [5.41, 5.74) is 0. The Labute approximate surface area is 220 Å². The summed E-state index contributed by atoms with van der Waals surface area (Å²) in [5, 5.41) is 5.32. The molecule has 2 amide bonds. The van der Waals surface area contributed by atoms with E-state index >= 15 is 0 Å². The number of nitrogens with one attached hydrogen (secondary N) is 2. The molecule has 0 fully saturated rings. The van der Waals surface area contributed by atoms with Crippen molar-refractivity contribution in [2.24, 2.45) is 0 Å². The molecule has 0 saturated heterocycles. The molecule has 0 aromatic heterocycles. The maximum absolute atomic E-state index is 10.7. The summed E-state index contributed by atoms with van der Waals surface area (Å²) in [6.07, 6.45) is 0.988. The van der Waals surface area contributed by atoms with Crippen molar-refractivity contribution < 1.29 is 30.4 Å². The number of hydrogen-bond acceptors (Lipinski definition) is 2. The number of carbonyl (C=O) groups excluding carboxylic acids is 2. The van der Waals surface area contributed by atoms with Crippen LogP contribution in [0.4, 0.5) is 0 Å². The number of benzene rings is 2. The van der Waals surface area contributed by atoms with E-state index < -0.39 is 44.3 Å². The van der Waals surface area contributed by atoms with Crippen LogP contribution in [-0.4, -0.2) is 35.3 Å². The average Bonchev–Trinajstić information content (AvgIpc) is 3.49. The minimum Gasteiger partial charge on any atom is -0.168 e. The Morgan fingerprint density at radius 1 is 0.781 bits per heavy atom. The summed E-state index contributed by atoms with van der Waals surface area (Å²) in [6.45, 7) is 3.58. The Morgan fingerprint density at radius 3 is 1.50 bits per heavy atom. The quantitative estimate of drug-likeness (QED) is 0.264. The van der Waals surface area contributed by atoms with Gasteiger partial charge in [-0.05, 0) is 0 Å². The summed E-state index contributed by atoms with van der Waals surface area (Å²) in [7, 11) is 9.87. The van der Waals surface area contributed by atoms with E-state index in [9.17, 15) is 9.59 Å². The van der Waals surface area contributed by atoms with E-state index in [1.807, 2.05) is 0 Å². The van der Waals surface area contributed by atoms with Crippen LogP contribution in [0.25, 0.3) is 21.5 Å². The van der Waals surface area contributed by atoms with Crippen molar-refractivity contribution in [2.45, 2.75) is 26.7 Å². The molecule has 4 aromatic rings. The first-order valence-corrected chi connectivity index (χ1v) is 19.8. The molecule has 0 aliphatic heterocycles. The van der Waals surface area contributed by atoms with Crippen LogP contribution in [0.1, 0.15) is 26.7 Å². The van der Waals surface area contributed by atoms with Crippen LogP contribution in [-0.2, 0) is 30.4 Å². The van der Waals surface area contributed by atoms with Crippen LogP contribution in [0, 0.1) is 0 Å². The predicted octanol–water partition coefficient (Wildman–Crippen LogP) is 6.07. The van der Waals surface area contributed by atoms with Gasteiger partial charge in [0.25, 0.3) is 0 Å². The van der Waals surface area contributed by atoms with E-state index in [0.29, 0.717) is 12.8 Å². The van der Waals surface area contributed by atoms with Crippen LogP contribution in [0.2, 0.25) is 0 Å². The molecule has 0 heterocycles. The van der Waals surface area contributed by atoms with Crippen LogP contribution in [0.15, 0.2) is 84.9 Å². The SMILES string of the molecule is CCC(=O)[NH][In][NH]C(=O)CC.[Cl][Zr+2][Cl].c1ccc2[cH-]ccc2c1.c1ccc2[cH-]ccc2c1. The fourth-order valence-electron chi connectivity index (χ4n) is 2.54. The maximum Gasteiger partial charge on any atom is -0.0809 e. The first kappa shape index (κ1) is 29.0. The van der Waals surface area contributed by atoms with E-state index in [0.717, 1.165) is 0 Å². The molecule has 0 unspecified atom stereocenters. The van der Waals surface area contributed by atoms with Crippen molar-refractivity contribution in [1.82, 2.24) is 6.61 Å². The van der Waals surface area contributed by atoms with Gasteiger partial charge in [-0.1, -0.05) is 12.1 Å². The number of carbonyl (C=O) groups is 2. The summed E-state index contributed by atoms with van der Waals surface area (Å²) in [6, 6.07) is 29.3. The molecule has 0 spiro atoms. The average molecular weight is 651 g/mol. The Balaban J connectivity index is 0.000000226. The van der Waals surface area contributed by atoms with Crippen molar-refractivity contribution in [3.05, 3.63) is 84.9 Å². The zero-order valence-corrected chi connectivity index (χ0v) is 25.4. The third-order valence-corrected chi connectivity index (χ3v) is 6.87. The molecule has 0 atom stereocenters. The summed E-state index contributed by atoms with van der Waals surface area (Å²) in [5.74, 6) is 0.0604. The van der Waals surface area contributed by atoms with Gasteiger partial charge in [0.1, 0.15) is 0 Å². The van der Waals surface area contributed by atoms with Gasteiger partial charge in [0, 0.05) is 0 Å². The fraction of sp³-hybridized carbons (Fsp3) is 0.167. The first-order valence-electron chi connectivity index (χ1n) is 10.1. The van der Waals surface area contributed by atoms with Crippen molar-refractivity contribution in [2.75, 3.05) is 0 Å². The van der Waals surface area contributed by atoms with Crippen LogP contribution in [0.5, 0.6) is 0 Å². The van der Waals surface area contributed by atoms with Gasteiger partial charge in [0.05, 0.1) is 0 Å². The molecule has 4 aromatic carbocycles. The molecule has 2 N–H and O–H groups in total. The standard InChI is InChI=1S/2C9H7.2C3H7NO.2ClH.In.Zr/c2*1-2-5-9-7-3-6-8(9)4-1;2*1-2-3(4)5;;;;/h2*1-7H;2*2H2,1H3,(H2,4,5);2*1H;;/q2*-1;;;;;+2;+4/p-4. The largest absolute Gasteiger partial charge is 0.168 e. The third-order valence-electron chi connectivity index (χ3n) is 4.20. The molecule has 8 heteroatoms. The van der Waals surface area contributed by atoms with Gasteiger partial charge in [-0.25, -0.2) is 0 Å². The molecule has 4 nitrogen and oxygen atoms in total. The zero-order chi connectivity index (χ0) is 23.6. The summed E-state index contributed by atoms with van der Waals surface area (Å²) in [4.78, 5) is 21.3. The molecule has 32 heavy (non-hydrogen) atoms. The molecule has 165 valence electrons. The smallest absolute Gasteiger partial charge is 0.0809 e. The summed E-state index contributed by atoms with van der Waals surface area (Å²) < 4.78 is 5.43. The summed E-state index contributed by atoms with van der Waals surface area (Å²) >= 11 is -2.15. The van der Waals surface area contributed by atoms with Crippen LogP contribution in [0.3, 0.4) is 0 Å². The molecule has 4 rings (SSSR count). The Kier molecular flexibility index (Phi) is 16.6. The molecule has 0 aliphatic rings. The molecule has 0 aliphatic carbocycles. The molecular weight excluding hydrogens is 625 g/mol. The second-order valence-electron chi connectivity index (χ2n) is 6.37. The van der Waals surface area contributed by atoms with Gasteiger partial charge < -0.3 is 0 Å². The van der Waals surface area contributed by atoms with Gasteiger partial charge in [0.15, 0.2) is 0 Å². The number of fused-ring (bicyclic) bond motifs is 2. The third kappa shape index (κ3) is 12.2. The number of halogens is 2. The van der Waals surface area contributed by atoms with Gasteiger partial charge in [-0.15, -0.1) is 59.3 Å². The number of rotatable bonds is 4. The topological polar surface area (TPSA) is 58.2 Å². The maximum atomic E-state index is 10.7. The van der Waals surface area contributed by atoms with Gasteiger partial charge in [-0.3, -0.25) is 0 Å². The van der Waals surface area contributed by atoms with Crippen LogP contribution >= 0.6 is 17.0 Å². The molecule has 0 saturated carbocycles.